The fourth-order valence-electron chi connectivity index (χ4n) is 9.99. The lowest BCUT2D eigenvalue weighted by molar-refractivity contribution is 0.775. The van der Waals surface area contributed by atoms with Crippen molar-refractivity contribution in [2.24, 2.45) is 0 Å². The molecular weight excluding hydrogens is 737 g/mol. The van der Waals surface area contributed by atoms with E-state index in [4.69, 9.17) is 9.97 Å². The predicted octanol–water partition coefficient (Wildman–Crippen LogP) is 14.8. The highest BCUT2D eigenvalue weighted by Crippen LogP contribution is 2.61. The van der Waals surface area contributed by atoms with Gasteiger partial charge in [-0.15, -0.1) is 0 Å². The third-order valence-electron chi connectivity index (χ3n) is 12.8. The van der Waals surface area contributed by atoms with Crippen LogP contribution in [0.4, 0.5) is 0 Å². The Kier molecular flexibility index (Phi) is 8.11. The van der Waals surface area contributed by atoms with E-state index in [0.717, 1.165) is 33.6 Å². The van der Waals surface area contributed by atoms with Crippen molar-refractivity contribution < 1.29 is 0 Å². The summed E-state index contributed by atoms with van der Waals surface area (Å²) in [5, 5.41) is 0. The average molecular weight is 775 g/mol. The maximum atomic E-state index is 5.38. The number of hydrogen-bond acceptors (Lipinski definition) is 2. The largest absolute Gasteiger partial charge is 0.228 e. The van der Waals surface area contributed by atoms with Gasteiger partial charge in [-0.2, -0.15) is 0 Å². The molecule has 2 heteroatoms. The summed E-state index contributed by atoms with van der Waals surface area (Å²) >= 11 is 0. The quantitative estimate of drug-likeness (QED) is 0.174. The van der Waals surface area contributed by atoms with Gasteiger partial charge in [0.15, 0.2) is 5.82 Å². The molecule has 2 nitrogen and oxygen atoms in total. The molecule has 10 aromatic rings. The molecule has 0 amide bonds. The van der Waals surface area contributed by atoms with Crippen molar-refractivity contribution in [2.45, 2.75) is 5.41 Å². The zero-order valence-electron chi connectivity index (χ0n) is 33.3. The summed E-state index contributed by atoms with van der Waals surface area (Å²) in [5.74, 6) is 0.692. The molecule has 0 bridgehead atoms. The summed E-state index contributed by atoms with van der Waals surface area (Å²) in [6, 6.07) is 83.6. The van der Waals surface area contributed by atoms with Gasteiger partial charge < -0.3 is 0 Å². The molecule has 2 aliphatic rings. The third-order valence-corrected chi connectivity index (χ3v) is 12.8. The van der Waals surface area contributed by atoms with Gasteiger partial charge in [0.05, 0.1) is 16.8 Å². The number of nitrogens with zero attached hydrogens (tertiary/aromatic N) is 2. The average Bonchev–Trinajstić information content (AvgIpc) is 3.59. The molecule has 0 saturated heterocycles. The third kappa shape index (κ3) is 5.57. The number of benzene rings is 9. The van der Waals surface area contributed by atoms with Crippen LogP contribution in [0, 0.1) is 0 Å². The van der Waals surface area contributed by atoms with Crippen molar-refractivity contribution in [1.82, 2.24) is 9.97 Å². The van der Waals surface area contributed by atoms with Gasteiger partial charge in [0.1, 0.15) is 0 Å². The molecule has 0 saturated carbocycles. The first-order valence-electron chi connectivity index (χ1n) is 21.0. The monoisotopic (exact) mass is 774 g/mol. The Bertz CT molecular complexity index is 3130. The molecule has 12 rings (SSSR count). The number of aromatic nitrogens is 2. The van der Waals surface area contributed by atoms with Gasteiger partial charge in [0.25, 0.3) is 0 Å². The highest BCUT2D eigenvalue weighted by Gasteiger charge is 2.49. The molecule has 1 spiro atoms. The molecule has 0 fully saturated rings. The number of rotatable bonds is 5. The van der Waals surface area contributed by atoms with Crippen LogP contribution < -0.4 is 0 Å². The summed E-state index contributed by atoms with van der Waals surface area (Å²) < 4.78 is 0. The van der Waals surface area contributed by atoms with Gasteiger partial charge >= 0.3 is 0 Å². The number of fused-ring (bicyclic) bond motifs is 12. The van der Waals surface area contributed by atoms with Gasteiger partial charge in [-0.05, 0) is 90.0 Å². The van der Waals surface area contributed by atoms with E-state index in [1.165, 1.54) is 72.3 Å². The van der Waals surface area contributed by atoms with Gasteiger partial charge in [-0.1, -0.05) is 218 Å². The lowest BCUT2D eigenvalue weighted by atomic mass is 9.66. The molecule has 0 aliphatic heterocycles. The van der Waals surface area contributed by atoms with Gasteiger partial charge in [-0.25, -0.2) is 9.97 Å². The molecule has 2 aliphatic carbocycles. The van der Waals surface area contributed by atoms with Crippen molar-refractivity contribution in [1.29, 1.82) is 0 Å². The summed E-state index contributed by atoms with van der Waals surface area (Å²) in [6.07, 6.45) is 0. The van der Waals surface area contributed by atoms with Gasteiger partial charge in [0, 0.05) is 16.7 Å². The minimum atomic E-state index is -0.528. The first kappa shape index (κ1) is 35.0. The second-order valence-electron chi connectivity index (χ2n) is 16.0. The molecule has 9 aromatic carbocycles. The van der Waals surface area contributed by atoms with Crippen LogP contribution >= 0.6 is 0 Å². The first-order chi connectivity index (χ1) is 30.2. The van der Waals surface area contributed by atoms with Crippen LogP contribution in [0.3, 0.4) is 0 Å². The Labute approximate surface area is 356 Å². The summed E-state index contributed by atoms with van der Waals surface area (Å²) in [7, 11) is 0. The van der Waals surface area contributed by atoms with Crippen LogP contribution in [0.2, 0.25) is 0 Å². The Morgan fingerprint density at radius 2 is 0.574 bits per heavy atom. The Morgan fingerprint density at radius 1 is 0.230 bits per heavy atom. The second kappa shape index (κ2) is 14.1. The van der Waals surface area contributed by atoms with Crippen LogP contribution in [-0.2, 0) is 5.41 Å². The van der Waals surface area contributed by atoms with Gasteiger partial charge in [-0.3, -0.25) is 0 Å². The molecule has 1 aromatic heterocycles. The zero-order valence-corrected chi connectivity index (χ0v) is 33.3. The van der Waals surface area contributed by atoms with Crippen molar-refractivity contribution in [3.8, 4) is 89.5 Å². The SMILES string of the molecule is c1ccc(-c2ccc(-c3cc(-c4ccc5c(c4)-c4ccccc4-c4ccccc4C54c5ccccc5-c5ccccc54)nc(-c4ccc(-c5ccccc5)cc4)n3)cc2)cc1. The van der Waals surface area contributed by atoms with Crippen LogP contribution in [0.5, 0.6) is 0 Å². The maximum Gasteiger partial charge on any atom is 0.160 e. The molecule has 0 unspecified atom stereocenters. The van der Waals surface area contributed by atoms with E-state index in [-0.39, 0.29) is 0 Å². The molecule has 284 valence electrons. The molecule has 0 radical (unpaired) electrons. The minimum Gasteiger partial charge on any atom is -0.228 e. The maximum absolute atomic E-state index is 5.38. The van der Waals surface area contributed by atoms with E-state index >= 15 is 0 Å². The van der Waals surface area contributed by atoms with E-state index in [0.29, 0.717) is 5.82 Å². The van der Waals surface area contributed by atoms with Crippen molar-refractivity contribution in [3.05, 3.63) is 253 Å². The highest BCUT2D eigenvalue weighted by atomic mass is 14.9. The van der Waals surface area contributed by atoms with Crippen LogP contribution in [0.25, 0.3) is 89.5 Å². The Morgan fingerprint density at radius 3 is 1.10 bits per heavy atom. The molecular formula is C59H38N2. The Balaban J connectivity index is 1.08. The zero-order chi connectivity index (χ0) is 40.3. The van der Waals surface area contributed by atoms with E-state index in [1.54, 1.807) is 0 Å². The normalized spacial score (nSPS) is 12.7. The summed E-state index contributed by atoms with van der Waals surface area (Å²) in [5.41, 5.74) is 21.7. The second-order valence-corrected chi connectivity index (χ2v) is 16.0. The summed E-state index contributed by atoms with van der Waals surface area (Å²) in [4.78, 5) is 10.7. The summed E-state index contributed by atoms with van der Waals surface area (Å²) in [6.45, 7) is 0. The van der Waals surface area contributed by atoms with Crippen molar-refractivity contribution in [3.63, 3.8) is 0 Å². The van der Waals surface area contributed by atoms with Crippen molar-refractivity contribution >= 4 is 0 Å². The fourth-order valence-corrected chi connectivity index (χ4v) is 9.99. The predicted molar refractivity (Wildman–Crippen MR) is 251 cm³/mol. The van der Waals surface area contributed by atoms with E-state index in [1.807, 2.05) is 0 Å². The van der Waals surface area contributed by atoms with Gasteiger partial charge in [0.2, 0.25) is 0 Å². The topological polar surface area (TPSA) is 25.8 Å². The molecule has 61 heavy (non-hydrogen) atoms. The van der Waals surface area contributed by atoms with E-state index < -0.39 is 5.41 Å². The minimum absolute atomic E-state index is 0.528. The fraction of sp³-hybridized carbons (Fsp3) is 0.0169. The van der Waals surface area contributed by atoms with Crippen LogP contribution in [0.15, 0.2) is 231 Å². The van der Waals surface area contributed by atoms with E-state index in [2.05, 4.69) is 231 Å². The van der Waals surface area contributed by atoms with Crippen LogP contribution in [-0.4, -0.2) is 9.97 Å². The van der Waals surface area contributed by atoms with E-state index in [9.17, 15) is 0 Å². The van der Waals surface area contributed by atoms with Crippen molar-refractivity contribution in [2.75, 3.05) is 0 Å². The molecule has 1 heterocycles. The Hall–Kier alpha value is -7.94. The highest BCUT2D eigenvalue weighted by molar-refractivity contribution is 5.98. The lowest BCUT2D eigenvalue weighted by Gasteiger charge is -2.35. The standard InChI is InChI=1S/C59H38N2/c1-3-15-39(16-4-1)41-27-31-43(32-28-41)56-38-57(61-58(60-56)44-33-29-42(30-34-44)40-17-5-2-6-18-40)45-35-36-55-51(37-45)47-20-8-7-19-46(47)48-21-9-12-24-52(48)59(55)53-25-13-10-22-49(53)50-23-11-14-26-54(50)59/h1-38H. The van der Waals surface area contributed by atoms with Crippen LogP contribution in [0.1, 0.15) is 22.3 Å². The first-order valence-corrected chi connectivity index (χ1v) is 21.0. The smallest absolute Gasteiger partial charge is 0.160 e. The molecule has 0 N–H and O–H groups in total. The molecule has 0 atom stereocenters. The number of hydrogen-bond donors (Lipinski definition) is 0. The lowest BCUT2D eigenvalue weighted by Crippen LogP contribution is -2.29.